The van der Waals surface area contributed by atoms with Crippen molar-refractivity contribution in [2.24, 2.45) is 0 Å². The first-order chi connectivity index (χ1) is 15.7. The van der Waals surface area contributed by atoms with Crippen molar-refractivity contribution in [3.8, 4) is 11.3 Å². The van der Waals surface area contributed by atoms with Crippen LogP contribution < -0.4 is 5.32 Å². The third-order valence-corrected chi connectivity index (χ3v) is 6.89. The Balaban J connectivity index is 1.65. The molecule has 0 aliphatic rings. The Bertz CT molecular complexity index is 1080. The van der Waals surface area contributed by atoms with E-state index in [0.717, 1.165) is 26.9 Å². The van der Waals surface area contributed by atoms with Gasteiger partial charge in [-0.3, -0.25) is 9.59 Å². The summed E-state index contributed by atoms with van der Waals surface area (Å²) >= 11 is 1.64. The quantitative estimate of drug-likeness (QED) is 0.331. The van der Waals surface area contributed by atoms with Crippen LogP contribution in [0.5, 0.6) is 0 Å². The van der Waals surface area contributed by atoms with Crippen LogP contribution in [0.3, 0.4) is 0 Å². The predicted molar refractivity (Wildman–Crippen MR) is 133 cm³/mol. The number of hydrogen-bond donors (Lipinski definition) is 1. The van der Waals surface area contributed by atoms with E-state index < -0.39 is 5.54 Å². The Morgan fingerprint density at radius 1 is 1.00 bits per heavy atom. The Morgan fingerprint density at radius 3 is 2.06 bits per heavy atom. The zero-order valence-corrected chi connectivity index (χ0v) is 20.8. The summed E-state index contributed by atoms with van der Waals surface area (Å²) in [6.45, 7) is 9.62. The summed E-state index contributed by atoms with van der Waals surface area (Å²) in [5, 5.41) is 2.99. The van der Waals surface area contributed by atoms with E-state index in [9.17, 15) is 9.59 Å². The smallest absolute Gasteiger partial charge is 0.217 e. The van der Waals surface area contributed by atoms with Crippen LogP contribution >= 0.6 is 11.8 Å². The molecule has 0 bridgehead atoms. The van der Waals surface area contributed by atoms with Gasteiger partial charge < -0.3 is 9.73 Å². The van der Waals surface area contributed by atoms with Gasteiger partial charge in [0.25, 0.3) is 0 Å². The van der Waals surface area contributed by atoms with E-state index in [2.05, 4.69) is 36.3 Å². The molecule has 1 N–H and O–H groups in total. The Morgan fingerprint density at radius 2 is 1.58 bits per heavy atom. The van der Waals surface area contributed by atoms with Gasteiger partial charge in [-0.25, -0.2) is 4.98 Å². The molecule has 0 saturated carbocycles. The van der Waals surface area contributed by atoms with E-state index in [1.807, 2.05) is 50.2 Å². The highest BCUT2D eigenvalue weighted by Crippen LogP contribution is 2.31. The maximum Gasteiger partial charge on any atom is 0.217 e. The SMILES string of the molecule is CCC(CC)(CC(=O)c1ccc(Sc2ccc(-c3coc(C(C)C)n3)cc2)cc1)NC(C)=O. The van der Waals surface area contributed by atoms with Crippen LogP contribution in [0, 0.1) is 0 Å². The van der Waals surface area contributed by atoms with Crippen molar-refractivity contribution >= 4 is 23.5 Å². The minimum Gasteiger partial charge on any atom is -0.448 e. The average molecular weight is 465 g/mol. The van der Waals surface area contributed by atoms with Crippen LogP contribution in [0.1, 0.15) is 76.0 Å². The number of benzene rings is 2. The summed E-state index contributed by atoms with van der Waals surface area (Å²) in [4.78, 5) is 31.2. The van der Waals surface area contributed by atoms with Crippen LogP contribution in [-0.4, -0.2) is 22.2 Å². The van der Waals surface area contributed by atoms with Gasteiger partial charge >= 0.3 is 0 Å². The molecule has 1 heterocycles. The number of aromatic nitrogens is 1. The topological polar surface area (TPSA) is 72.2 Å². The number of nitrogens with zero attached hydrogens (tertiary/aromatic N) is 1. The summed E-state index contributed by atoms with van der Waals surface area (Å²) in [6.07, 6.45) is 3.43. The highest BCUT2D eigenvalue weighted by molar-refractivity contribution is 7.99. The number of hydrogen-bond acceptors (Lipinski definition) is 5. The largest absolute Gasteiger partial charge is 0.448 e. The zero-order chi connectivity index (χ0) is 24.0. The number of amides is 1. The lowest BCUT2D eigenvalue weighted by molar-refractivity contribution is -0.120. The zero-order valence-electron chi connectivity index (χ0n) is 20.0. The summed E-state index contributed by atoms with van der Waals surface area (Å²) in [6, 6.07) is 15.9. The van der Waals surface area contributed by atoms with Gasteiger partial charge in [0.2, 0.25) is 5.91 Å². The lowest BCUT2D eigenvalue weighted by atomic mass is 9.85. The molecule has 0 saturated heterocycles. The second-order valence-electron chi connectivity index (χ2n) is 8.65. The van der Waals surface area contributed by atoms with Gasteiger partial charge in [-0.1, -0.05) is 63.7 Å². The third kappa shape index (κ3) is 6.35. The lowest BCUT2D eigenvalue weighted by Crippen LogP contribution is -2.48. The first-order valence-electron chi connectivity index (χ1n) is 11.4. The minimum atomic E-state index is -0.488. The monoisotopic (exact) mass is 464 g/mol. The number of carbonyl (C=O) groups is 2. The Hall–Kier alpha value is -2.86. The first-order valence-corrected chi connectivity index (χ1v) is 12.2. The molecule has 0 aliphatic carbocycles. The second-order valence-corrected chi connectivity index (χ2v) is 9.79. The minimum absolute atomic E-state index is 0.0433. The van der Waals surface area contributed by atoms with Crippen molar-refractivity contribution in [2.75, 3.05) is 0 Å². The normalized spacial score (nSPS) is 11.6. The van der Waals surface area contributed by atoms with Crippen molar-refractivity contribution in [2.45, 2.75) is 75.1 Å². The molecule has 0 spiro atoms. The maximum absolute atomic E-state index is 12.9. The molecule has 174 valence electrons. The highest BCUT2D eigenvalue weighted by atomic mass is 32.2. The predicted octanol–water partition coefficient (Wildman–Crippen LogP) is 6.88. The molecule has 0 atom stereocenters. The lowest BCUT2D eigenvalue weighted by Gasteiger charge is -2.32. The van der Waals surface area contributed by atoms with Gasteiger partial charge in [-0.2, -0.15) is 0 Å². The number of carbonyl (C=O) groups excluding carboxylic acids is 2. The van der Waals surface area contributed by atoms with Crippen molar-refractivity contribution < 1.29 is 14.0 Å². The van der Waals surface area contributed by atoms with Crippen molar-refractivity contribution in [1.82, 2.24) is 10.3 Å². The fraction of sp³-hybridized carbons (Fsp3) is 0.370. The van der Waals surface area contributed by atoms with E-state index in [-0.39, 0.29) is 17.6 Å². The van der Waals surface area contributed by atoms with E-state index in [1.165, 1.54) is 6.92 Å². The van der Waals surface area contributed by atoms with Crippen molar-refractivity contribution in [1.29, 1.82) is 0 Å². The van der Waals surface area contributed by atoms with E-state index in [4.69, 9.17) is 4.42 Å². The molecule has 0 fully saturated rings. The van der Waals surface area contributed by atoms with E-state index >= 15 is 0 Å². The molecule has 1 amide bonds. The van der Waals surface area contributed by atoms with Crippen molar-refractivity contribution in [3.63, 3.8) is 0 Å². The molecule has 2 aromatic carbocycles. The second kappa shape index (κ2) is 10.8. The summed E-state index contributed by atoms with van der Waals surface area (Å²) in [5.41, 5.74) is 2.04. The number of nitrogens with one attached hydrogen (secondary N) is 1. The Kier molecular flexibility index (Phi) is 8.14. The Labute approximate surface area is 200 Å². The molecule has 0 aliphatic heterocycles. The van der Waals surface area contributed by atoms with Crippen LogP contribution in [0.15, 0.2) is 69.0 Å². The van der Waals surface area contributed by atoms with Crippen LogP contribution in [0.25, 0.3) is 11.3 Å². The highest BCUT2D eigenvalue weighted by Gasteiger charge is 2.30. The molecule has 0 radical (unpaired) electrons. The summed E-state index contributed by atoms with van der Waals surface area (Å²) < 4.78 is 5.54. The molecule has 1 aromatic heterocycles. The summed E-state index contributed by atoms with van der Waals surface area (Å²) in [5.74, 6) is 0.939. The molecule has 6 heteroatoms. The van der Waals surface area contributed by atoms with Gasteiger partial charge in [-0.05, 0) is 37.1 Å². The fourth-order valence-corrected chi connectivity index (χ4v) is 4.54. The molecule has 5 nitrogen and oxygen atoms in total. The number of ketones is 1. The number of Topliss-reactive ketones (excluding diaryl/α,β-unsaturated/α-hetero) is 1. The molecule has 3 aromatic rings. The van der Waals surface area contributed by atoms with E-state index in [1.54, 1.807) is 18.0 Å². The fourth-order valence-electron chi connectivity index (χ4n) is 3.73. The molecule has 3 rings (SSSR count). The van der Waals surface area contributed by atoms with Crippen LogP contribution in [0.2, 0.25) is 0 Å². The van der Waals surface area contributed by atoms with Gasteiger partial charge in [0.1, 0.15) is 12.0 Å². The van der Waals surface area contributed by atoms with Gasteiger partial charge in [0, 0.05) is 45.7 Å². The molecule has 0 unspecified atom stereocenters. The number of oxazole rings is 1. The first kappa shape index (κ1) is 24.8. The average Bonchev–Trinajstić information content (AvgIpc) is 3.30. The standard InChI is InChI=1S/C27H32N2O3S/c1-6-27(7-2,29-19(5)30)16-25(31)21-10-14-23(15-11-21)33-22-12-8-20(9-13-22)24-17-32-26(28-24)18(3)4/h8-15,17-18H,6-7,16H2,1-5H3,(H,29,30). The van der Waals surface area contributed by atoms with Gasteiger partial charge in [0.15, 0.2) is 11.7 Å². The third-order valence-electron chi connectivity index (χ3n) is 5.87. The van der Waals surface area contributed by atoms with Gasteiger partial charge in [-0.15, -0.1) is 0 Å². The molecule has 33 heavy (non-hydrogen) atoms. The van der Waals surface area contributed by atoms with Crippen LogP contribution in [-0.2, 0) is 4.79 Å². The maximum atomic E-state index is 12.9. The molecular formula is C27H32N2O3S. The van der Waals surface area contributed by atoms with Crippen molar-refractivity contribution in [3.05, 3.63) is 66.2 Å². The van der Waals surface area contributed by atoms with Crippen LogP contribution in [0.4, 0.5) is 0 Å². The number of rotatable bonds is 10. The van der Waals surface area contributed by atoms with E-state index in [0.29, 0.717) is 24.8 Å². The summed E-state index contributed by atoms with van der Waals surface area (Å²) in [7, 11) is 0. The van der Waals surface area contributed by atoms with Gasteiger partial charge in [0.05, 0.1) is 0 Å². The molecular weight excluding hydrogens is 432 g/mol.